The fraction of sp³-hybridized carbons (Fsp3) is 0.286. The SMILES string of the molecule is CCN(C)C=Nc1cc2cc(CCc3ccccc3)oc2cc1C. The van der Waals surface area contributed by atoms with Gasteiger partial charge in [-0.2, -0.15) is 0 Å². The molecule has 0 fully saturated rings. The average Bonchev–Trinajstić information content (AvgIpc) is 3.00. The highest BCUT2D eigenvalue weighted by molar-refractivity contribution is 5.83. The largest absolute Gasteiger partial charge is 0.461 e. The molecule has 2 aromatic carbocycles. The summed E-state index contributed by atoms with van der Waals surface area (Å²) in [6.07, 6.45) is 3.78. The highest BCUT2D eigenvalue weighted by atomic mass is 16.3. The Morgan fingerprint density at radius 2 is 1.88 bits per heavy atom. The van der Waals surface area contributed by atoms with Crippen molar-refractivity contribution in [1.82, 2.24) is 4.90 Å². The summed E-state index contributed by atoms with van der Waals surface area (Å²) in [5, 5.41) is 1.12. The molecule has 0 amide bonds. The molecule has 1 heterocycles. The number of aliphatic imine (C=N–C) groups is 1. The maximum atomic E-state index is 6.01. The Kier molecular flexibility index (Phi) is 4.99. The third kappa shape index (κ3) is 3.85. The molecule has 124 valence electrons. The minimum absolute atomic E-state index is 0.912. The van der Waals surface area contributed by atoms with Gasteiger partial charge in [0.05, 0.1) is 12.0 Å². The van der Waals surface area contributed by atoms with Crippen LogP contribution in [-0.4, -0.2) is 24.8 Å². The van der Waals surface area contributed by atoms with Gasteiger partial charge in [-0.25, -0.2) is 4.99 Å². The lowest BCUT2D eigenvalue weighted by atomic mass is 10.1. The van der Waals surface area contributed by atoms with E-state index in [1.165, 1.54) is 5.56 Å². The molecule has 0 bridgehead atoms. The van der Waals surface area contributed by atoms with Crippen molar-refractivity contribution in [2.45, 2.75) is 26.7 Å². The minimum Gasteiger partial charge on any atom is -0.461 e. The van der Waals surface area contributed by atoms with Crippen LogP contribution >= 0.6 is 0 Å². The van der Waals surface area contributed by atoms with Crippen molar-refractivity contribution < 1.29 is 4.42 Å². The summed E-state index contributed by atoms with van der Waals surface area (Å²) in [7, 11) is 2.02. The molecular weight excluding hydrogens is 296 g/mol. The number of nitrogens with zero attached hydrogens (tertiary/aromatic N) is 2. The van der Waals surface area contributed by atoms with Crippen molar-refractivity contribution in [2.75, 3.05) is 13.6 Å². The molecule has 24 heavy (non-hydrogen) atoms. The molecule has 0 atom stereocenters. The first-order chi connectivity index (χ1) is 11.7. The van der Waals surface area contributed by atoms with E-state index in [1.807, 2.05) is 19.5 Å². The Hall–Kier alpha value is -2.55. The standard InChI is InChI=1S/C21H24N2O/c1-4-23(3)15-22-20-14-18-13-19(24-21(18)12-16(20)2)11-10-17-8-6-5-7-9-17/h5-9,12-15H,4,10-11H2,1-3H3. The van der Waals surface area contributed by atoms with Gasteiger partial charge in [-0.15, -0.1) is 0 Å². The van der Waals surface area contributed by atoms with E-state index in [2.05, 4.69) is 66.2 Å². The van der Waals surface area contributed by atoms with Gasteiger partial charge in [-0.05, 0) is 49.6 Å². The van der Waals surface area contributed by atoms with E-state index in [0.717, 1.165) is 47.4 Å². The maximum absolute atomic E-state index is 6.01. The van der Waals surface area contributed by atoms with E-state index < -0.39 is 0 Å². The van der Waals surface area contributed by atoms with E-state index in [1.54, 1.807) is 0 Å². The van der Waals surface area contributed by atoms with Crippen LogP contribution in [0.4, 0.5) is 5.69 Å². The number of hydrogen-bond donors (Lipinski definition) is 0. The molecule has 1 aromatic heterocycles. The van der Waals surface area contributed by atoms with Crippen molar-refractivity contribution in [3.05, 3.63) is 65.4 Å². The number of benzene rings is 2. The molecular formula is C21H24N2O. The second kappa shape index (κ2) is 7.35. The van der Waals surface area contributed by atoms with Crippen LogP contribution in [-0.2, 0) is 12.8 Å². The molecule has 0 unspecified atom stereocenters. The van der Waals surface area contributed by atoms with Crippen molar-refractivity contribution >= 4 is 23.0 Å². The molecule has 3 aromatic rings. The van der Waals surface area contributed by atoms with E-state index >= 15 is 0 Å². The van der Waals surface area contributed by atoms with Gasteiger partial charge >= 0.3 is 0 Å². The Bertz CT molecular complexity index is 834. The zero-order valence-electron chi connectivity index (χ0n) is 14.6. The van der Waals surface area contributed by atoms with Crippen LogP contribution in [0.2, 0.25) is 0 Å². The first-order valence-corrected chi connectivity index (χ1v) is 8.47. The van der Waals surface area contributed by atoms with E-state index in [0.29, 0.717) is 0 Å². The number of rotatable bonds is 6. The first-order valence-electron chi connectivity index (χ1n) is 8.47. The highest BCUT2D eigenvalue weighted by Gasteiger charge is 2.07. The molecule has 3 rings (SSSR count). The van der Waals surface area contributed by atoms with Crippen molar-refractivity contribution in [3.8, 4) is 0 Å². The zero-order chi connectivity index (χ0) is 16.9. The van der Waals surface area contributed by atoms with Gasteiger partial charge in [0, 0.05) is 25.4 Å². The van der Waals surface area contributed by atoms with Crippen molar-refractivity contribution in [2.24, 2.45) is 4.99 Å². The van der Waals surface area contributed by atoms with Gasteiger partial charge in [-0.3, -0.25) is 0 Å². The molecule has 0 saturated carbocycles. The van der Waals surface area contributed by atoms with Crippen molar-refractivity contribution in [1.29, 1.82) is 0 Å². The Balaban J connectivity index is 1.79. The van der Waals surface area contributed by atoms with E-state index in [9.17, 15) is 0 Å². The average molecular weight is 320 g/mol. The molecule has 0 saturated heterocycles. The Morgan fingerprint density at radius 3 is 2.62 bits per heavy atom. The van der Waals surface area contributed by atoms with Crippen LogP contribution in [0, 0.1) is 6.92 Å². The second-order valence-corrected chi connectivity index (χ2v) is 6.19. The summed E-state index contributed by atoms with van der Waals surface area (Å²) in [5.41, 5.74) is 4.41. The highest BCUT2D eigenvalue weighted by Crippen LogP contribution is 2.28. The van der Waals surface area contributed by atoms with Crippen molar-refractivity contribution in [3.63, 3.8) is 0 Å². The number of aryl methyl sites for hydroxylation is 3. The fourth-order valence-electron chi connectivity index (χ4n) is 2.65. The van der Waals surface area contributed by atoms with Crippen LogP contribution in [0.5, 0.6) is 0 Å². The summed E-state index contributed by atoms with van der Waals surface area (Å²) < 4.78 is 6.01. The summed E-state index contributed by atoms with van der Waals surface area (Å²) in [5.74, 6) is 1.03. The molecule has 0 aliphatic carbocycles. The zero-order valence-corrected chi connectivity index (χ0v) is 14.6. The van der Waals surface area contributed by atoms with Gasteiger partial charge < -0.3 is 9.32 Å². The van der Waals surface area contributed by atoms with E-state index in [-0.39, 0.29) is 0 Å². The van der Waals surface area contributed by atoms with Crippen LogP contribution in [0.25, 0.3) is 11.0 Å². The maximum Gasteiger partial charge on any atom is 0.134 e. The number of furan rings is 1. The summed E-state index contributed by atoms with van der Waals surface area (Å²) >= 11 is 0. The topological polar surface area (TPSA) is 28.7 Å². The summed E-state index contributed by atoms with van der Waals surface area (Å²) in [6, 6.07) is 16.9. The third-order valence-corrected chi connectivity index (χ3v) is 4.28. The fourth-order valence-corrected chi connectivity index (χ4v) is 2.65. The number of fused-ring (bicyclic) bond motifs is 1. The molecule has 0 aliphatic heterocycles. The predicted octanol–water partition coefficient (Wildman–Crippen LogP) is 5.14. The smallest absolute Gasteiger partial charge is 0.134 e. The molecule has 3 nitrogen and oxygen atoms in total. The summed E-state index contributed by atoms with van der Waals surface area (Å²) in [6.45, 7) is 5.13. The lowest BCUT2D eigenvalue weighted by Crippen LogP contribution is -2.14. The second-order valence-electron chi connectivity index (χ2n) is 6.19. The quantitative estimate of drug-likeness (QED) is 0.465. The first kappa shape index (κ1) is 16.3. The van der Waals surface area contributed by atoms with Gasteiger partial charge in [0.15, 0.2) is 0 Å². The van der Waals surface area contributed by atoms with Gasteiger partial charge in [0.2, 0.25) is 0 Å². The molecule has 0 aliphatic rings. The van der Waals surface area contributed by atoms with Crippen LogP contribution < -0.4 is 0 Å². The normalized spacial score (nSPS) is 11.5. The third-order valence-electron chi connectivity index (χ3n) is 4.28. The number of hydrogen-bond acceptors (Lipinski definition) is 2. The Morgan fingerprint density at radius 1 is 1.08 bits per heavy atom. The predicted molar refractivity (Wildman–Crippen MR) is 101 cm³/mol. The lowest BCUT2D eigenvalue weighted by Gasteiger charge is -2.08. The van der Waals surface area contributed by atoms with Gasteiger partial charge in [-0.1, -0.05) is 30.3 Å². The molecule has 0 radical (unpaired) electrons. The lowest BCUT2D eigenvalue weighted by molar-refractivity contribution is 0.547. The molecule has 0 N–H and O–H groups in total. The van der Waals surface area contributed by atoms with Gasteiger partial charge in [0.1, 0.15) is 11.3 Å². The molecule has 0 spiro atoms. The Labute approximate surface area is 143 Å². The van der Waals surface area contributed by atoms with Crippen LogP contribution in [0.3, 0.4) is 0 Å². The molecule has 3 heteroatoms. The monoisotopic (exact) mass is 320 g/mol. The van der Waals surface area contributed by atoms with E-state index in [4.69, 9.17) is 4.42 Å². The van der Waals surface area contributed by atoms with Gasteiger partial charge in [0.25, 0.3) is 0 Å². The van der Waals surface area contributed by atoms with Crippen LogP contribution in [0.15, 0.2) is 57.9 Å². The summed E-state index contributed by atoms with van der Waals surface area (Å²) in [4.78, 5) is 6.65. The van der Waals surface area contributed by atoms with Crippen LogP contribution in [0.1, 0.15) is 23.8 Å². The minimum atomic E-state index is 0.912.